The van der Waals surface area contributed by atoms with Crippen molar-refractivity contribution < 1.29 is 13.9 Å². The summed E-state index contributed by atoms with van der Waals surface area (Å²) in [6.07, 6.45) is 4.10. The average molecular weight is 370 g/mol. The Kier molecular flexibility index (Phi) is 4.78. The van der Waals surface area contributed by atoms with Crippen molar-refractivity contribution in [3.8, 4) is 0 Å². The fourth-order valence-electron chi connectivity index (χ4n) is 4.00. The molecule has 1 spiro atoms. The van der Waals surface area contributed by atoms with E-state index in [1.165, 1.54) is 12.1 Å². The van der Waals surface area contributed by atoms with E-state index in [4.69, 9.17) is 4.74 Å². The summed E-state index contributed by atoms with van der Waals surface area (Å²) in [5.41, 5.74) is 1.19. The van der Waals surface area contributed by atoms with Gasteiger partial charge in [-0.3, -0.25) is 4.79 Å². The van der Waals surface area contributed by atoms with Crippen LogP contribution in [0.5, 0.6) is 0 Å². The van der Waals surface area contributed by atoms with Crippen LogP contribution in [0.2, 0.25) is 0 Å². The van der Waals surface area contributed by atoms with Crippen LogP contribution in [0.4, 0.5) is 10.1 Å². The van der Waals surface area contributed by atoms with E-state index in [0.717, 1.165) is 24.9 Å². The summed E-state index contributed by atoms with van der Waals surface area (Å²) in [5, 5.41) is 7.70. The lowest BCUT2D eigenvalue weighted by Gasteiger charge is -2.38. The van der Waals surface area contributed by atoms with Crippen molar-refractivity contribution in [3.05, 3.63) is 54.1 Å². The standard InChI is InChI=1S/C20H23FN4O2/c1-24(16-6-4-15(21)5-7-16)17-13-20(27-14-17)8-11-25(12-9-20)19(26)18-3-2-10-22-23-18/h2-7,10,17H,8-9,11-14H2,1H3/t17-/m1/s1. The summed E-state index contributed by atoms with van der Waals surface area (Å²) in [5.74, 6) is -0.303. The van der Waals surface area contributed by atoms with E-state index < -0.39 is 0 Å². The predicted octanol–water partition coefficient (Wildman–Crippen LogP) is 2.52. The van der Waals surface area contributed by atoms with Crippen molar-refractivity contribution in [2.75, 3.05) is 31.6 Å². The number of hydrogen-bond acceptors (Lipinski definition) is 5. The third kappa shape index (κ3) is 3.64. The number of halogens is 1. The maximum absolute atomic E-state index is 13.2. The third-order valence-corrected chi connectivity index (χ3v) is 5.72. The van der Waals surface area contributed by atoms with Crippen molar-refractivity contribution in [1.82, 2.24) is 15.1 Å². The zero-order valence-electron chi connectivity index (χ0n) is 15.3. The van der Waals surface area contributed by atoms with E-state index in [1.807, 2.05) is 11.9 Å². The second-order valence-electron chi connectivity index (χ2n) is 7.34. The van der Waals surface area contributed by atoms with Crippen molar-refractivity contribution >= 4 is 11.6 Å². The predicted molar refractivity (Wildman–Crippen MR) is 99.1 cm³/mol. The highest BCUT2D eigenvalue weighted by molar-refractivity contribution is 5.92. The second kappa shape index (κ2) is 7.23. The molecule has 0 radical (unpaired) electrons. The summed E-state index contributed by atoms with van der Waals surface area (Å²) in [4.78, 5) is 16.5. The van der Waals surface area contributed by atoms with Crippen molar-refractivity contribution in [3.63, 3.8) is 0 Å². The maximum Gasteiger partial charge on any atom is 0.274 e. The van der Waals surface area contributed by atoms with Gasteiger partial charge in [0.05, 0.1) is 18.2 Å². The number of carbonyl (C=O) groups is 1. The van der Waals surface area contributed by atoms with Gasteiger partial charge >= 0.3 is 0 Å². The van der Waals surface area contributed by atoms with Crippen molar-refractivity contribution in [2.24, 2.45) is 0 Å². The van der Waals surface area contributed by atoms with E-state index in [2.05, 4.69) is 15.1 Å². The molecule has 6 nitrogen and oxygen atoms in total. The van der Waals surface area contributed by atoms with Gasteiger partial charge in [-0.1, -0.05) is 0 Å². The molecule has 1 aromatic carbocycles. The molecule has 7 heteroatoms. The van der Waals surface area contributed by atoms with Crippen LogP contribution < -0.4 is 4.90 Å². The first-order chi connectivity index (χ1) is 13.1. The lowest BCUT2D eigenvalue weighted by atomic mass is 9.87. The first kappa shape index (κ1) is 17.9. The van der Waals surface area contributed by atoms with Gasteiger partial charge in [-0.15, -0.1) is 5.10 Å². The van der Waals surface area contributed by atoms with Gasteiger partial charge in [-0.25, -0.2) is 4.39 Å². The minimum Gasteiger partial charge on any atom is -0.373 e. The Morgan fingerprint density at radius 1 is 1.26 bits per heavy atom. The van der Waals surface area contributed by atoms with Gasteiger partial charge in [0, 0.05) is 32.0 Å². The Bertz CT molecular complexity index is 791. The quantitative estimate of drug-likeness (QED) is 0.831. The lowest BCUT2D eigenvalue weighted by Crippen LogP contribution is -2.47. The first-order valence-corrected chi connectivity index (χ1v) is 9.26. The number of piperidine rings is 1. The van der Waals surface area contributed by atoms with Crippen LogP contribution in [0.25, 0.3) is 0 Å². The molecule has 0 N–H and O–H groups in total. The Labute approximate surface area is 157 Å². The molecular formula is C20H23FN4O2. The number of rotatable bonds is 3. The van der Waals surface area contributed by atoms with E-state index in [9.17, 15) is 9.18 Å². The number of amides is 1. The van der Waals surface area contributed by atoms with Crippen LogP contribution >= 0.6 is 0 Å². The Balaban J connectivity index is 1.36. The third-order valence-electron chi connectivity index (χ3n) is 5.72. The largest absolute Gasteiger partial charge is 0.373 e. The zero-order chi connectivity index (χ0) is 18.9. The second-order valence-corrected chi connectivity index (χ2v) is 7.34. The monoisotopic (exact) mass is 370 g/mol. The van der Waals surface area contributed by atoms with Gasteiger partial charge < -0.3 is 14.5 Å². The summed E-state index contributed by atoms with van der Waals surface area (Å²) in [6.45, 7) is 1.96. The molecule has 1 atom stereocenters. The van der Waals surface area contributed by atoms with Gasteiger partial charge in [0.25, 0.3) is 5.91 Å². The molecule has 1 amide bonds. The molecule has 0 aliphatic carbocycles. The number of likely N-dealkylation sites (N-methyl/N-ethyl adjacent to an activating group) is 1. The number of anilines is 1. The number of hydrogen-bond donors (Lipinski definition) is 0. The number of nitrogens with zero attached hydrogens (tertiary/aromatic N) is 4. The number of likely N-dealkylation sites (tertiary alicyclic amines) is 1. The molecule has 27 heavy (non-hydrogen) atoms. The first-order valence-electron chi connectivity index (χ1n) is 9.26. The summed E-state index contributed by atoms with van der Waals surface area (Å²) < 4.78 is 19.4. The van der Waals surface area contributed by atoms with Crippen LogP contribution in [0.15, 0.2) is 42.6 Å². The van der Waals surface area contributed by atoms with Gasteiger partial charge in [0.15, 0.2) is 5.69 Å². The molecule has 2 saturated heterocycles. The molecule has 4 rings (SSSR count). The molecule has 2 fully saturated rings. The van der Waals surface area contributed by atoms with E-state index >= 15 is 0 Å². The van der Waals surface area contributed by atoms with Gasteiger partial charge in [0.1, 0.15) is 5.82 Å². The fourth-order valence-corrected chi connectivity index (χ4v) is 4.00. The summed E-state index contributed by atoms with van der Waals surface area (Å²) >= 11 is 0. The Morgan fingerprint density at radius 3 is 2.67 bits per heavy atom. The molecule has 2 aliphatic rings. The van der Waals surface area contributed by atoms with Crippen LogP contribution in [0.3, 0.4) is 0 Å². The van der Waals surface area contributed by atoms with E-state index in [1.54, 1.807) is 30.5 Å². The zero-order valence-corrected chi connectivity index (χ0v) is 15.3. The van der Waals surface area contributed by atoms with Crippen LogP contribution in [0, 0.1) is 5.82 Å². The minimum absolute atomic E-state index is 0.0732. The van der Waals surface area contributed by atoms with Crippen LogP contribution in [-0.2, 0) is 4.74 Å². The number of benzene rings is 1. The molecule has 3 heterocycles. The van der Waals surface area contributed by atoms with Gasteiger partial charge in [0.2, 0.25) is 0 Å². The number of carbonyl (C=O) groups excluding carboxylic acids is 1. The lowest BCUT2D eigenvalue weighted by molar-refractivity contribution is -0.0389. The molecule has 2 aromatic rings. The minimum atomic E-state index is -0.230. The summed E-state index contributed by atoms with van der Waals surface area (Å²) in [7, 11) is 2.02. The molecule has 1 aromatic heterocycles. The smallest absolute Gasteiger partial charge is 0.274 e. The molecule has 2 aliphatic heterocycles. The highest BCUT2D eigenvalue weighted by atomic mass is 19.1. The Morgan fingerprint density at radius 2 is 2.00 bits per heavy atom. The highest BCUT2D eigenvalue weighted by Gasteiger charge is 2.44. The maximum atomic E-state index is 13.2. The summed E-state index contributed by atoms with van der Waals surface area (Å²) in [6, 6.07) is 10.2. The highest BCUT2D eigenvalue weighted by Crippen LogP contribution is 2.38. The van der Waals surface area contributed by atoms with Crippen molar-refractivity contribution in [2.45, 2.75) is 30.9 Å². The molecule has 0 saturated carbocycles. The van der Waals surface area contributed by atoms with Crippen LogP contribution in [-0.4, -0.2) is 59.4 Å². The average Bonchev–Trinajstić information content (AvgIpc) is 3.12. The molecule has 142 valence electrons. The van der Waals surface area contributed by atoms with E-state index in [-0.39, 0.29) is 23.4 Å². The Hall–Kier alpha value is -2.54. The van der Waals surface area contributed by atoms with Crippen LogP contribution in [0.1, 0.15) is 29.8 Å². The van der Waals surface area contributed by atoms with E-state index in [0.29, 0.717) is 25.4 Å². The number of ether oxygens (including phenoxy) is 1. The van der Waals surface area contributed by atoms with Gasteiger partial charge in [-0.05, 0) is 55.7 Å². The SMILES string of the molecule is CN(c1ccc(F)cc1)[C@H]1COC2(CCN(C(=O)c3cccnn3)CC2)C1. The topological polar surface area (TPSA) is 58.6 Å². The van der Waals surface area contributed by atoms with Crippen molar-refractivity contribution in [1.29, 1.82) is 0 Å². The normalized spacial score (nSPS) is 21.4. The molecule has 0 bridgehead atoms. The molecular weight excluding hydrogens is 347 g/mol. The number of aromatic nitrogens is 2. The van der Waals surface area contributed by atoms with Gasteiger partial charge in [-0.2, -0.15) is 5.10 Å². The molecule has 0 unspecified atom stereocenters. The fraction of sp³-hybridized carbons (Fsp3) is 0.450.